The van der Waals surface area contributed by atoms with Crippen LogP contribution in [-0.4, -0.2) is 168 Å². The topological polar surface area (TPSA) is 211 Å². The molecular formula is C55H62F3N11O7S2. The number of rotatable bonds is 16. The maximum atomic E-state index is 16.1. The molecule has 1 unspecified atom stereocenters. The number of pyridine rings is 1. The number of β-amino-alcohol motifs (C(OH)–C–C–N with tert-alkyl or cyclic N) is 1. The number of nitrogens with zero attached hydrogens (tertiary/aromatic N) is 8. The van der Waals surface area contributed by atoms with Crippen molar-refractivity contribution < 1.29 is 46.2 Å². The van der Waals surface area contributed by atoms with Crippen LogP contribution in [0.15, 0.2) is 84.6 Å². The fraction of sp³-hybridized carbons (Fsp3) is 0.418. The van der Waals surface area contributed by atoms with Crippen LogP contribution in [0, 0.1) is 24.0 Å². The first kappa shape index (κ1) is 54.7. The lowest BCUT2D eigenvalue weighted by Gasteiger charge is -2.48. The third-order valence-corrected chi connectivity index (χ3v) is 16.9. The van der Waals surface area contributed by atoms with Crippen molar-refractivity contribution in [1.82, 2.24) is 45.3 Å². The molecule has 78 heavy (non-hydrogen) atoms. The second kappa shape index (κ2) is 22.6. The number of halogens is 3. The molecule has 0 saturated carbocycles. The molecule has 3 aromatic carbocycles. The van der Waals surface area contributed by atoms with Crippen molar-refractivity contribution in [3.8, 4) is 21.6 Å². The summed E-state index contributed by atoms with van der Waals surface area (Å²) in [5.41, 5.74) is 5.26. The Hall–Kier alpha value is -6.60. The van der Waals surface area contributed by atoms with Crippen molar-refractivity contribution in [2.45, 2.75) is 77.5 Å². The van der Waals surface area contributed by atoms with E-state index in [0.29, 0.717) is 34.1 Å². The van der Waals surface area contributed by atoms with Crippen LogP contribution in [0.25, 0.3) is 32.6 Å². The molecule has 0 radical (unpaired) electrons. The van der Waals surface area contributed by atoms with Crippen LogP contribution in [0.1, 0.15) is 60.8 Å². The SMILES string of the molecule is Cc1ncsc1-c1ccc(CNC(=O)[C@@H]2C[C@@H](O)CN2C(=O)[C@@H](NC(=O)CN2CC(N3CCN(c4ccc(-c5cnc6[nH]cc(C(=O)c7c(F)ccc(N(N8CC[C@@H](F)C8)S(=O)O)c7F)c6c5)cc4)CC3)C2)C(C)(C)C)cc1. The summed E-state index contributed by atoms with van der Waals surface area (Å²) in [6, 6.07) is 17.7. The predicted octanol–water partition coefficient (Wildman–Crippen LogP) is 5.69. The molecule has 23 heteroatoms. The average molecular weight is 1110 g/mol. The van der Waals surface area contributed by atoms with E-state index >= 15 is 8.78 Å². The summed E-state index contributed by atoms with van der Waals surface area (Å²) in [5.74, 6) is -4.59. The zero-order valence-corrected chi connectivity index (χ0v) is 45.3. The number of piperazine rings is 1. The monoisotopic (exact) mass is 1110 g/mol. The second-order valence-corrected chi connectivity index (χ2v) is 23.2. The van der Waals surface area contributed by atoms with Crippen LogP contribution in [-0.2, 0) is 32.2 Å². The zero-order valence-electron chi connectivity index (χ0n) is 43.6. The number of carbonyl (C=O) groups excluding carboxylic acids is 4. The molecular weight excluding hydrogens is 1050 g/mol. The zero-order chi connectivity index (χ0) is 55.2. The molecule has 4 aliphatic heterocycles. The molecule has 18 nitrogen and oxygen atoms in total. The van der Waals surface area contributed by atoms with Crippen molar-refractivity contribution in [1.29, 1.82) is 0 Å². The van der Waals surface area contributed by atoms with Gasteiger partial charge in [-0.15, -0.1) is 11.3 Å². The number of hydrazine groups is 1. The van der Waals surface area contributed by atoms with Gasteiger partial charge in [-0.05, 0) is 65.8 Å². The second-order valence-electron chi connectivity index (χ2n) is 21.6. The van der Waals surface area contributed by atoms with Gasteiger partial charge < -0.3 is 30.5 Å². The van der Waals surface area contributed by atoms with E-state index < -0.39 is 75.6 Å². The molecule has 10 rings (SSSR count). The van der Waals surface area contributed by atoms with Crippen LogP contribution in [0.4, 0.5) is 24.5 Å². The standard InChI is InChI=1S/C55H62F3N11O7S2/c1-32-50(77-31-62-32)35-7-5-33(6-8-35)23-61-53(73)45-22-40(70)29-68(45)54(74)51(55(2,3)4)63-46(71)30-64-27-39(28-64)66-19-17-65(18-20-66)38-11-9-34(10-12-38)36-21-41-42(25-60-52(41)59-24-36)49(72)47-43(57)13-14-44(48(47)58)69(78(75)76)67-16-15-37(56)26-67/h5-14,21,24-25,31,37,39-40,45,51,70H,15-20,22-23,26-30H2,1-4H3,(H,59,60)(H,61,73)(H,63,71)(H,75,76)/t37-,40-,45+,51-/m1/s1. The van der Waals surface area contributed by atoms with E-state index in [1.165, 1.54) is 11.1 Å². The van der Waals surface area contributed by atoms with Gasteiger partial charge in [0.05, 0.1) is 40.8 Å². The third kappa shape index (κ3) is 11.4. The number of hydrogen-bond donors (Lipinski definition) is 5. The number of thiazole rings is 1. The minimum atomic E-state index is -2.84. The van der Waals surface area contributed by atoms with E-state index in [0.717, 1.165) is 76.3 Å². The fourth-order valence-corrected chi connectivity index (χ4v) is 12.4. The highest BCUT2D eigenvalue weighted by Gasteiger charge is 2.45. The van der Waals surface area contributed by atoms with Crippen molar-refractivity contribution in [3.05, 3.63) is 119 Å². The Balaban J connectivity index is 0.703. The summed E-state index contributed by atoms with van der Waals surface area (Å²) in [4.78, 5) is 76.2. The largest absolute Gasteiger partial charge is 0.391 e. The van der Waals surface area contributed by atoms with Crippen LogP contribution < -0.4 is 19.9 Å². The van der Waals surface area contributed by atoms with Crippen LogP contribution in [0.3, 0.4) is 0 Å². The minimum Gasteiger partial charge on any atom is -0.391 e. The van der Waals surface area contributed by atoms with Gasteiger partial charge in [-0.25, -0.2) is 32.4 Å². The van der Waals surface area contributed by atoms with Crippen LogP contribution in [0.5, 0.6) is 0 Å². The van der Waals surface area contributed by atoms with Gasteiger partial charge in [0, 0.05) is 106 Å². The molecule has 5 atom stereocenters. The molecule has 5 N–H and O–H groups in total. The first-order valence-electron chi connectivity index (χ1n) is 26.0. The molecule has 3 amide bonds. The average Bonchev–Trinajstić information content (AvgIpc) is 4.27. The number of anilines is 2. The Morgan fingerprint density at radius 1 is 0.923 bits per heavy atom. The number of amides is 3. The predicted molar refractivity (Wildman–Crippen MR) is 291 cm³/mol. The number of nitrogens with one attached hydrogen (secondary N) is 3. The third-order valence-electron chi connectivity index (χ3n) is 15.2. The molecule has 412 valence electrons. The number of aromatic nitrogens is 3. The highest BCUT2D eigenvalue weighted by atomic mass is 32.2. The summed E-state index contributed by atoms with van der Waals surface area (Å²) >= 11 is -1.27. The number of hydrogen-bond acceptors (Lipinski definition) is 13. The first-order chi connectivity index (χ1) is 37.3. The van der Waals surface area contributed by atoms with E-state index in [2.05, 4.69) is 40.3 Å². The minimum absolute atomic E-state index is 0.0110. The number of benzene rings is 3. The molecule has 4 fully saturated rings. The number of alkyl halides is 1. The highest BCUT2D eigenvalue weighted by Crippen LogP contribution is 2.34. The number of aromatic amines is 1. The van der Waals surface area contributed by atoms with Crippen molar-refractivity contribution in [3.63, 3.8) is 0 Å². The number of carbonyl (C=O) groups is 4. The van der Waals surface area contributed by atoms with E-state index in [9.17, 15) is 37.4 Å². The van der Waals surface area contributed by atoms with Crippen molar-refractivity contribution in [2.75, 3.05) is 74.8 Å². The maximum Gasteiger partial charge on any atom is 0.277 e. The number of H-pyrrole nitrogens is 1. The number of aryl methyl sites for hydroxylation is 1. The Morgan fingerprint density at radius 3 is 2.29 bits per heavy atom. The smallest absolute Gasteiger partial charge is 0.277 e. The quantitative estimate of drug-likeness (QED) is 0.0584. The lowest BCUT2D eigenvalue weighted by Crippen LogP contribution is -2.65. The number of aliphatic hydroxyl groups is 1. The highest BCUT2D eigenvalue weighted by molar-refractivity contribution is 7.80. The van der Waals surface area contributed by atoms with Crippen LogP contribution in [0.2, 0.25) is 0 Å². The fourth-order valence-electron chi connectivity index (χ4n) is 10.9. The Bertz CT molecular complexity index is 3230. The Kier molecular flexibility index (Phi) is 15.9. The molecule has 7 heterocycles. The van der Waals surface area contributed by atoms with E-state index in [1.807, 2.05) is 81.7 Å². The summed E-state index contributed by atoms with van der Waals surface area (Å²) in [6.45, 7) is 12.2. The summed E-state index contributed by atoms with van der Waals surface area (Å²) in [7, 11) is 0. The van der Waals surface area contributed by atoms with Gasteiger partial charge in [0.1, 0.15) is 35.4 Å². The van der Waals surface area contributed by atoms with Gasteiger partial charge >= 0.3 is 0 Å². The molecule has 4 saturated heterocycles. The molecule has 3 aromatic heterocycles. The molecule has 0 spiro atoms. The number of aliphatic hydroxyl groups excluding tert-OH is 1. The summed E-state index contributed by atoms with van der Waals surface area (Å²) in [6.07, 6.45) is 0.917. The van der Waals surface area contributed by atoms with Gasteiger partial charge in [-0.3, -0.25) is 33.5 Å². The van der Waals surface area contributed by atoms with E-state index in [-0.39, 0.29) is 69.0 Å². The molecule has 6 aromatic rings. The summed E-state index contributed by atoms with van der Waals surface area (Å²) < 4.78 is 68.4. The lowest BCUT2D eigenvalue weighted by molar-refractivity contribution is -0.144. The lowest BCUT2D eigenvalue weighted by atomic mass is 9.85. The Labute approximate surface area is 456 Å². The van der Waals surface area contributed by atoms with E-state index in [4.69, 9.17) is 0 Å². The molecule has 0 bridgehead atoms. The molecule has 0 aliphatic carbocycles. The Morgan fingerprint density at radius 2 is 1.64 bits per heavy atom. The van der Waals surface area contributed by atoms with Crippen molar-refractivity contribution in [2.24, 2.45) is 5.41 Å². The van der Waals surface area contributed by atoms with Gasteiger partial charge in [0.2, 0.25) is 23.5 Å². The normalized spacial score (nSPS) is 20.4. The number of likely N-dealkylation sites (tertiary alicyclic amines) is 2. The number of ketones is 1. The van der Waals surface area contributed by atoms with Gasteiger partial charge in [0.25, 0.3) is 11.3 Å². The maximum absolute atomic E-state index is 16.1. The summed E-state index contributed by atoms with van der Waals surface area (Å²) in [5, 5.41) is 18.1. The first-order valence-corrected chi connectivity index (χ1v) is 27.9. The number of fused-ring (bicyclic) bond motifs is 1. The van der Waals surface area contributed by atoms with Gasteiger partial charge in [-0.2, -0.15) is 4.41 Å². The van der Waals surface area contributed by atoms with Gasteiger partial charge in [-0.1, -0.05) is 57.2 Å². The van der Waals surface area contributed by atoms with E-state index in [1.54, 1.807) is 23.6 Å². The van der Waals surface area contributed by atoms with Crippen LogP contribution >= 0.6 is 11.3 Å². The molecule has 4 aliphatic rings. The van der Waals surface area contributed by atoms with Crippen molar-refractivity contribution >= 4 is 68.5 Å². The van der Waals surface area contributed by atoms with Gasteiger partial charge in [0.15, 0.2) is 5.82 Å².